The van der Waals surface area contributed by atoms with Gasteiger partial charge in [-0.25, -0.2) is 0 Å². The second kappa shape index (κ2) is 6.18. The zero-order valence-electron chi connectivity index (χ0n) is 8.65. The quantitative estimate of drug-likeness (QED) is 0.523. The largest absolute Gasteiger partial charge is 0.292 e. The lowest BCUT2D eigenvalue weighted by Crippen LogP contribution is -2.00. The van der Waals surface area contributed by atoms with E-state index in [4.69, 9.17) is 0 Å². The molecule has 0 amide bonds. The van der Waals surface area contributed by atoms with Crippen LogP contribution in [-0.2, 0) is 0 Å². The van der Waals surface area contributed by atoms with Gasteiger partial charge in [0.25, 0.3) is 0 Å². The van der Waals surface area contributed by atoms with Gasteiger partial charge in [-0.1, -0.05) is 22.0 Å². The first-order chi connectivity index (χ1) is 8.16. The van der Waals surface area contributed by atoms with Crippen molar-refractivity contribution < 1.29 is 4.79 Å². The standard InChI is InChI=1S/C12H8Br2OS2/c13-8-2-1-3-9(6-8)17-7-11(15)12-10(14)4-5-16-12/h1-6H,7H2. The molecule has 0 radical (unpaired) electrons. The zero-order chi connectivity index (χ0) is 12.3. The van der Waals surface area contributed by atoms with Crippen molar-refractivity contribution in [2.75, 3.05) is 5.75 Å². The van der Waals surface area contributed by atoms with Gasteiger partial charge in [-0.3, -0.25) is 4.79 Å². The molecule has 2 rings (SSSR count). The monoisotopic (exact) mass is 390 g/mol. The summed E-state index contributed by atoms with van der Waals surface area (Å²) in [5, 5.41) is 1.92. The third-order valence-corrected chi connectivity index (χ3v) is 5.40. The number of carbonyl (C=O) groups excluding carboxylic acids is 1. The maximum atomic E-state index is 11.9. The fourth-order valence-electron chi connectivity index (χ4n) is 1.26. The van der Waals surface area contributed by atoms with Gasteiger partial charge in [-0.15, -0.1) is 23.1 Å². The molecule has 0 aliphatic rings. The fraction of sp³-hybridized carbons (Fsp3) is 0.0833. The van der Waals surface area contributed by atoms with Crippen LogP contribution in [0.1, 0.15) is 9.67 Å². The third-order valence-electron chi connectivity index (χ3n) is 2.04. The van der Waals surface area contributed by atoms with Crippen LogP contribution in [0.5, 0.6) is 0 Å². The van der Waals surface area contributed by atoms with Gasteiger partial charge >= 0.3 is 0 Å². The first-order valence-electron chi connectivity index (χ1n) is 4.81. The molecule has 0 saturated heterocycles. The summed E-state index contributed by atoms with van der Waals surface area (Å²) in [6, 6.07) is 9.87. The molecule has 0 saturated carbocycles. The van der Waals surface area contributed by atoms with E-state index in [0.717, 1.165) is 18.7 Å². The zero-order valence-corrected chi connectivity index (χ0v) is 13.5. The minimum absolute atomic E-state index is 0.164. The van der Waals surface area contributed by atoms with E-state index in [9.17, 15) is 4.79 Å². The first kappa shape index (κ1) is 13.3. The Balaban J connectivity index is 1.99. The Morgan fingerprint density at radius 2 is 2.12 bits per heavy atom. The van der Waals surface area contributed by atoms with Crippen LogP contribution < -0.4 is 0 Å². The van der Waals surface area contributed by atoms with Crippen molar-refractivity contribution in [3.05, 3.63) is 49.5 Å². The number of halogens is 2. The van der Waals surface area contributed by atoms with Crippen LogP contribution in [0.3, 0.4) is 0 Å². The van der Waals surface area contributed by atoms with E-state index in [1.807, 2.05) is 35.7 Å². The average Bonchev–Trinajstić information content (AvgIpc) is 2.72. The smallest absolute Gasteiger partial charge is 0.184 e. The maximum absolute atomic E-state index is 11.9. The number of Topliss-reactive ketones (excluding diaryl/α,β-unsaturated/α-hetero) is 1. The SMILES string of the molecule is O=C(CSc1cccc(Br)c1)c1sccc1Br. The Morgan fingerprint density at radius 1 is 1.29 bits per heavy atom. The second-order valence-electron chi connectivity index (χ2n) is 3.27. The van der Waals surface area contributed by atoms with E-state index in [0.29, 0.717) is 5.75 Å². The molecule has 5 heteroatoms. The van der Waals surface area contributed by atoms with Gasteiger partial charge in [-0.2, -0.15) is 0 Å². The molecule has 88 valence electrons. The molecule has 2 aromatic rings. The van der Waals surface area contributed by atoms with E-state index in [1.165, 1.54) is 11.3 Å². The van der Waals surface area contributed by atoms with Gasteiger partial charge in [0, 0.05) is 13.8 Å². The van der Waals surface area contributed by atoms with E-state index >= 15 is 0 Å². The topological polar surface area (TPSA) is 17.1 Å². The van der Waals surface area contributed by atoms with Crippen molar-refractivity contribution in [2.45, 2.75) is 4.90 Å². The van der Waals surface area contributed by atoms with Crippen LogP contribution in [0.4, 0.5) is 0 Å². The number of hydrogen-bond donors (Lipinski definition) is 0. The Hall–Kier alpha value is -0.100. The molecule has 0 aliphatic carbocycles. The maximum Gasteiger partial charge on any atom is 0.184 e. The normalized spacial score (nSPS) is 10.5. The lowest BCUT2D eigenvalue weighted by Gasteiger charge is -2.01. The minimum Gasteiger partial charge on any atom is -0.292 e. The molecule has 0 spiro atoms. The molecule has 17 heavy (non-hydrogen) atoms. The van der Waals surface area contributed by atoms with Crippen LogP contribution in [0, 0.1) is 0 Å². The Kier molecular flexibility index (Phi) is 4.85. The lowest BCUT2D eigenvalue weighted by molar-refractivity contribution is 0.102. The van der Waals surface area contributed by atoms with Crippen molar-refractivity contribution in [3.63, 3.8) is 0 Å². The molecule has 1 heterocycles. The Labute approximate surface area is 125 Å². The highest BCUT2D eigenvalue weighted by molar-refractivity contribution is 9.10. The molecule has 0 atom stereocenters. The number of hydrogen-bond acceptors (Lipinski definition) is 3. The summed E-state index contributed by atoms with van der Waals surface area (Å²) in [5.41, 5.74) is 0. The number of benzene rings is 1. The second-order valence-corrected chi connectivity index (χ2v) is 7.00. The summed E-state index contributed by atoms with van der Waals surface area (Å²) >= 11 is 9.83. The molecule has 0 bridgehead atoms. The summed E-state index contributed by atoms with van der Waals surface area (Å²) in [6.45, 7) is 0. The lowest BCUT2D eigenvalue weighted by atomic mass is 10.3. The van der Waals surface area contributed by atoms with Gasteiger partial charge in [-0.05, 0) is 45.6 Å². The summed E-state index contributed by atoms with van der Waals surface area (Å²) in [5.74, 6) is 0.632. The van der Waals surface area contributed by atoms with Crippen LogP contribution in [0.25, 0.3) is 0 Å². The van der Waals surface area contributed by atoms with Crippen molar-refractivity contribution in [3.8, 4) is 0 Å². The molecule has 1 aromatic heterocycles. The van der Waals surface area contributed by atoms with Crippen LogP contribution in [0.15, 0.2) is 49.6 Å². The summed E-state index contributed by atoms with van der Waals surface area (Å²) in [6.07, 6.45) is 0. The number of thioether (sulfide) groups is 1. The Morgan fingerprint density at radius 3 is 2.76 bits per heavy atom. The highest BCUT2D eigenvalue weighted by atomic mass is 79.9. The molecular formula is C12H8Br2OS2. The van der Waals surface area contributed by atoms with Crippen LogP contribution in [0.2, 0.25) is 0 Å². The van der Waals surface area contributed by atoms with Crippen molar-refractivity contribution in [1.29, 1.82) is 0 Å². The van der Waals surface area contributed by atoms with Crippen molar-refractivity contribution in [1.82, 2.24) is 0 Å². The van der Waals surface area contributed by atoms with E-state index in [2.05, 4.69) is 31.9 Å². The summed E-state index contributed by atoms with van der Waals surface area (Å²) < 4.78 is 1.93. The molecule has 0 aliphatic heterocycles. The third kappa shape index (κ3) is 3.68. The van der Waals surface area contributed by atoms with Gasteiger partial charge in [0.2, 0.25) is 0 Å². The highest BCUT2D eigenvalue weighted by Gasteiger charge is 2.11. The molecule has 0 unspecified atom stereocenters. The fourth-order valence-corrected chi connectivity index (χ4v) is 4.27. The number of carbonyl (C=O) groups is 1. The predicted octanol–water partition coefficient (Wildman–Crippen LogP) is 5.25. The summed E-state index contributed by atoms with van der Waals surface area (Å²) in [7, 11) is 0. The Bertz CT molecular complexity index is 537. The highest BCUT2D eigenvalue weighted by Crippen LogP contribution is 2.27. The number of thiophene rings is 1. The molecule has 0 N–H and O–H groups in total. The minimum atomic E-state index is 0.164. The molecule has 1 aromatic carbocycles. The van der Waals surface area contributed by atoms with E-state index in [1.54, 1.807) is 11.8 Å². The van der Waals surface area contributed by atoms with Crippen molar-refractivity contribution >= 4 is 60.7 Å². The van der Waals surface area contributed by atoms with E-state index < -0.39 is 0 Å². The van der Waals surface area contributed by atoms with Gasteiger partial charge in [0.05, 0.1) is 10.6 Å². The molecule has 1 nitrogen and oxygen atoms in total. The predicted molar refractivity (Wildman–Crippen MR) is 81.2 cm³/mol. The summed E-state index contributed by atoms with van der Waals surface area (Å²) in [4.78, 5) is 13.8. The van der Waals surface area contributed by atoms with E-state index in [-0.39, 0.29) is 5.78 Å². The average molecular weight is 392 g/mol. The van der Waals surface area contributed by atoms with Gasteiger partial charge < -0.3 is 0 Å². The number of rotatable bonds is 4. The van der Waals surface area contributed by atoms with Gasteiger partial charge in [0.15, 0.2) is 5.78 Å². The number of ketones is 1. The van der Waals surface area contributed by atoms with Crippen molar-refractivity contribution in [2.24, 2.45) is 0 Å². The first-order valence-corrected chi connectivity index (χ1v) is 8.26. The molecule has 0 fully saturated rings. The molecular weight excluding hydrogens is 384 g/mol. The van der Waals surface area contributed by atoms with Crippen LogP contribution >= 0.6 is 55.0 Å². The van der Waals surface area contributed by atoms with Crippen LogP contribution in [-0.4, -0.2) is 11.5 Å². The van der Waals surface area contributed by atoms with Gasteiger partial charge in [0.1, 0.15) is 0 Å².